The van der Waals surface area contributed by atoms with Crippen LogP contribution >= 0.6 is 0 Å². The molecule has 1 aliphatic rings. The Balaban J connectivity index is 2.50. The van der Waals surface area contributed by atoms with Crippen LogP contribution in [0.1, 0.15) is 20.3 Å². The Hall–Kier alpha value is -0.570. The highest BCUT2D eigenvalue weighted by molar-refractivity contribution is 5.49. The molecule has 1 heterocycles. The zero-order chi connectivity index (χ0) is 7.78. The van der Waals surface area contributed by atoms with Crippen LogP contribution in [0.3, 0.4) is 0 Å². The van der Waals surface area contributed by atoms with E-state index in [0.717, 1.165) is 19.4 Å². The SMILES string of the molecule is CC(C)(O)C1CCN1C=O. The van der Waals surface area contributed by atoms with Crippen molar-refractivity contribution in [2.45, 2.75) is 31.9 Å². The minimum Gasteiger partial charge on any atom is -0.388 e. The number of carbonyl (C=O) groups is 1. The van der Waals surface area contributed by atoms with E-state index in [-0.39, 0.29) is 6.04 Å². The number of hydrogen-bond donors (Lipinski definition) is 1. The highest BCUT2D eigenvalue weighted by Gasteiger charge is 2.37. The molecule has 0 aromatic heterocycles. The summed E-state index contributed by atoms with van der Waals surface area (Å²) in [6.07, 6.45) is 1.72. The number of hydrogen-bond acceptors (Lipinski definition) is 2. The molecule has 1 saturated heterocycles. The molecule has 0 aliphatic carbocycles. The van der Waals surface area contributed by atoms with Gasteiger partial charge in [-0.1, -0.05) is 0 Å². The Labute approximate surface area is 60.6 Å². The van der Waals surface area contributed by atoms with Crippen LogP contribution in [0.4, 0.5) is 0 Å². The van der Waals surface area contributed by atoms with Crippen LogP contribution in [-0.4, -0.2) is 34.6 Å². The molecule has 3 nitrogen and oxygen atoms in total. The van der Waals surface area contributed by atoms with Crippen molar-refractivity contribution in [3.8, 4) is 0 Å². The van der Waals surface area contributed by atoms with E-state index >= 15 is 0 Å². The Morgan fingerprint density at radius 2 is 2.30 bits per heavy atom. The van der Waals surface area contributed by atoms with Gasteiger partial charge in [-0.15, -0.1) is 0 Å². The highest BCUT2D eigenvalue weighted by atomic mass is 16.3. The van der Waals surface area contributed by atoms with E-state index in [0.29, 0.717) is 0 Å². The fraction of sp³-hybridized carbons (Fsp3) is 0.857. The minimum atomic E-state index is -0.737. The van der Waals surface area contributed by atoms with Crippen LogP contribution in [0, 0.1) is 0 Å². The van der Waals surface area contributed by atoms with Crippen molar-refractivity contribution >= 4 is 6.41 Å². The summed E-state index contributed by atoms with van der Waals surface area (Å²) in [6.45, 7) is 4.25. The zero-order valence-corrected chi connectivity index (χ0v) is 6.37. The van der Waals surface area contributed by atoms with Gasteiger partial charge in [-0.25, -0.2) is 0 Å². The largest absolute Gasteiger partial charge is 0.388 e. The van der Waals surface area contributed by atoms with E-state index in [9.17, 15) is 9.90 Å². The second kappa shape index (κ2) is 2.23. The predicted octanol–water partition coefficient (Wildman–Crippen LogP) is -0.0120. The molecule has 0 radical (unpaired) electrons. The van der Waals surface area contributed by atoms with Crippen LogP contribution < -0.4 is 0 Å². The van der Waals surface area contributed by atoms with Gasteiger partial charge in [-0.05, 0) is 20.3 Å². The van der Waals surface area contributed by atoms with Crippen molar-refractivity contribution < 1.29 is 9.90 Å². The lowest BCUT2D eigenvalue weighted by Crippen LogP contribution is -2.57. The van der Waals surface area contributed by atoms with Gasteiger partial charge >= 0.3 is 0 Å². The van der Waals surface area contributed by atoms with Crippen LogP contribution in [0.15, 0.2) is 0 Å². The Kier molecular flexibility index (Phi) is 1.68. The number of aliphatic hydroxyl groups is 1. The van der Waals surface area contributed by atoms with Gasteiger partial charge in [-0.3, -0.25) is 4.79 Å². The summed E-state index contributed by atoms with van der Waals surface area (Å²) < 4.78 is 0. The monoisotopic (exact) mass is 143 g/mol. The second-order valence-electron chi connectivity index (χ2n) is 3.30. The Morgan fingerprint density at radius 1 is 1.70 bits per heavy atom. The smallest absolute Gasteiger partial charge is 0.210 e. The van der Waals surface area contributed by atoms with Crippen molar-refractivity contribution in [2.24, 2.45) is 0 Å². The molecular weight excluding hydrogens is 130 g/mol. The van der Waals surface area contributed by atoms with Crippen molar-refractivity contribution in [1.82, 2.24) is 4.90 Å². The molecule has 1 fully saturated rings. The molecule has 0 saturated carbocycles. The summed E-state index contributed by atoms with van der Waals surface area (Å²) in [5.74, 6) is 0. The van der Waals surface area contributed by atoms with E-state index in [1.165, 1.54) is 0 Å². The van der Waals surface area contributed by atoms with E-state index < -0.39 is 5.60 Å². The number of nitrogens with zero attached hydrogens (tertiary/aromatic N) is 1. The van der Waals surface area contributed by atoms with Crippen molar-refractivity contribution in [2.75, 3.05) is 6.54 Å². The van der Waals surface area contributed by atoms with Gasteiger partial charge in [0.2, 0.25) is 6.41 Å². The van der Waals surface area contributed by atoms with Gasteiger partial charge < -0.3 is 10.0 Å². The first-order chi connectivity index (χ1) is 4.55. The molecule has 10 heavy (non-hydrogen) atoms. The number of amides is 1. The summed E-state index contributed by atoms with van der Waals surface area (Å²) in [5, 5.41) is 9.44. The molecule has 1 unspecified atom stereocenters. The van der Waals surface area contributed by atoms with E-state index in [1.54, 1.807) is 18.7 Å². The summed E-state index contributed by atoms with van der Waals surface area (Å²) in [7, 11) is 0. The van der Waals surface area contributed by atoms with E-state index in [2.05, 4.69) is 0 Å². The molecule has 3 heteroatoms. The van der Waals surface area contributed by atoms with E-state index in [1.807, 2.05) is 0 Å². The Morgan fingerprint density at radius 3 is 2.40 bits per heavy atom. The highest BCUT2D eigenvalue weighted by Crippen LogP contribution is 2.25. The molecule has 1 rings (SSSR count). The molecule has 0 spiro atoms. The fourth-order valence-corrected chi connectivity index (χ4v) is 1.29. The average Bonchev–Trinajstić information content (AvgIpc) is 1.57. The number of carbonyl (C=O) groups excluding carboxylic acids is 1. The molecule has 1 atom stereocenters. The maximum absolute atomic E-state index is 10.3. The van der Waals surface area contributed by atoms with Gasteiger partial charge in [0.1, 0.15) is 0 Å². The normalized spacial score (nSPS) is 25.9. The van der Waals surface area contributed by atoms with Crippen molar-refractivity contribution in [1.29, 1.82) is 0 Å². The van der Waals surface area contributed by atoms with Gasteiger partial charge in [0, 0.05) is 6.54 Å². The maximum Gasteiger partial charge on any atom is 0.210 e. The van der Waals surface area contributed by atoms with Crippen LogP contribution in [-0.2, 0) is 4.79 Å². The molecule has 58 valence electrons. The third kappa shape index (κ3) is 1.14. The van der Waals surface area contributed by atoms with E-state index in [4.69, 9.17) is 0 Å². The first-order valence-corrected chi connectivity index (χ1v) is 3.49. The van der Waals surface area contributed by atoms with Gasteiger partial charge in [0.05, 0.1) is 11.6 Å². The lowest BCUT2D eigenvalue weighted by atomic mass is 9.89. The zero-order valence-electron chi connectivity index (χ0n) is 6.37. The topological polar surface area (TPSA) is 40.5 Å². The lowest BCUT2D eigenvalue weighted by Gasteiger charge is -2.45. The molecule has 0 aromatic carbocycles. The molecule has 0 aromatic rings. The van der Waals surface area contributed by atoms with Gasteiger partial charge in [0.15, 0.2) is 0 Å². The third-order valence-electron chi connectivity index (χ3n) is 2.01. The summed E-state index contributed by atoms with van der Waals surface area (Å²) in [6, 6.07) is 0.0324. The van der Waals surface area contributed by atoms with Crippen LogP contribution in [0.2, 0.25) is 0 Å². The standard InChI is InChI=1S/C7H13NO2/c1-7(2,10)6-3-4-8(6)5-9/h5-6,10H,3-4H2,1-2H3. The second-order valence-corrected chi connectivity index (χ2v) is 3.30. The molecule has 1 N–H and O–H groups in total. The first-order valence-electron chi connectivity index (χ1n) is 3.49. The van der Waals surface area contributed by atoms with Crippen molar-refractivity contribution in [3.63, 3.8) is 0 Å². The van der Waals surface area contributed by atoms with Crippen LogP contribution in [0.5, 0.6) is 0 Å². The minimum absolute atomic E-state index is 0.0324. The molecule has 1 amide bonds. The average molecular weight is 143 g/mol. The van der Waals surface area contributed by atoms with Gasteiger partial charge in [-0.2, -0.15) is 0 Å². The predicted molar refractivity (Wildman–Crippen MR) is 37.5 cm³/mol. The number of likely N-dealkylation sites (tertiary alicyclic amines) is 1. The molecular formula is C7H13NO2. The third-order valence-corrected chi connectivity index (χ3v) is 2.01. The summed E-state index contributed by atoms with van der Waals surface area (Å²) in [4.78, 5) is 11.9. The fourth-order valence-electron chi connectivity index (χ4n) is 1.29. The maximum atomic E-state index is 10.3. The van der Waals surface area contributed by atoms with Crippen LogP contribution in [0.25, 0.3) is 0 Å². The quantitative estimate of drug-likeness (QED) is 0.552. The summed E-state index contributed by atoms with van der Waals surface area (Å²) in [5.41, 5.74) is -0.737. The van der Waals surface area contributed by atoms with Gasteiger partial charge in [0.25, 0.3) is 0 Å². The Bertz CT molecular complexity index is 139. The first kappa shape index (κ1) is 7.54. The van der Waals surface area contributed by atoms with Crippen molar-refractivity contribution in [3.05, 3.63) is 0 Å². The molecule has 1 aliphatic heterocycles. The molecule has 0 bridgehead atoms. The number of rotatable bonds is 2. The lowest BCUT2D eigenvalue weighted by molar-refractivity contribution is -0.135. The summed E-state index contributed by atoms with van der Waals surface area (Å²) >= 11 is 0.